The van der Waals surface area contributed by atoms with Crippen molar-refractivity contribution in [1.82, 2.24) is 5.16 Å². The third kappa shape index (κ3) is 2.00. The standard InChI is InChI=1S/C14H11NO3/c16-14-12-8-11(6-7-13(12)18-15-14)17-9-10-4-2-1-3-5-10/h1-8H,9H2,(H,15,16). The van der Waals surface area contributed by atoms with Crippen LogP contribution in [-0.2, 0) is 6.61 Å². The summed E-state index contributed by atoms with van der Waals surface area (Å²) in [6.07, 6.45) is 0. The van der Waals surface area contributed by atoms with Gasteiger partial charge in [0.05, 0.1) is 5.39 Å². The molecule has 4 nitrogen and oxygen atoms in total. The number of aromatic hydroxyl groups is 1. The molecule has 0 amide bonds. The van der Waals surface area contributed by atoms with Crippen molar-refractivity contribution in [3.63, 3.8) is 0 Å². The summed E-state index contributed by atoms with van der Waals surface area (Å²) in [5, 5.41) is 13.5. The molecule has 0 bridgehead atoms. The third-order valence-corrected chi connectivity index (χ3v) is 2.67. The Bertz CT molecular complexity index is 661. The van der Waals surface area contributed by atoms with Gasteiger partial charge in [-0.15, -0.1) is 0 Å². The molecule has 1 N–H and O–H groups in total. The van der Waals surface area contributed by atoms with E-state index < -0.39 is 0 Å². The first-order chi connectivity index (χ1) is 8.83. The Labute approximate surface area is 103 Å². The lowest BCUT2D eigenvalue weighted by molar-refractivity contribution is 0.306. The van der Waals surface area contributed by atoms with Gasteiger partial charge in [-0.1, -0.05) is 30.3 Å². The molecule has 0 spiro atoms. The fraction of sp³-hybridized carbons (Fsp3) is 0.0714. The van der Waals surface area contributed by atoms with Crippen LogP contribution in [0.3, 0.4) is 0 Å². The van der Waals surface area contributed by atoms with E-state index >= 15 is 0 Å². The molecule has 0 unspecified atom stereocenters. The molecule has 0 aliphatic heterocycles. The van der Waals surface area contributed by atoms with E-state index in [1.54, 1.807) is 18.2 Å². The van der Waals surface area contributed by atoms with Crippen LogP contribution in [0.25, 0.3) is 11.0 Å². The lowest BCUT2D eigenvalue weighted by atomic mass is 10.2. The van der Waals surface area contributed by atoms with Crippen LogP contribution >= 0.6 is 0 Å². The van der Waals surface area contributed by atoms with Gasteiger partial charge >= 0.3 is 0 Å². The fourth-order valence-electron chi connectivity index (χ4n) is 1.74. The summed E-state index contributed by atoms with van der Waals surface area (Å²) < 4.78 is 10.6. The van der Waals surface area contributed by atoms with E-state index in [2.05, 4.69) is 5.16 Å². The molecule has 3 aromatic rings. The summed E-state index contributed by atoms with van der Waals surface area (Å²) in [6.45, 7) is 0.485. The molecule has 1 heterocycles. The van der Waals surface area contributed by atoms with Gasteiger partial charge < -0.3 is 14.4 Å². The van der Waals surface area contributed by atoms with Gasteiger partial charge in [-0.05, 0) is 28.9 Å². The van der Waals surface area contributed by atoms with Gasteiger partial charge in [0.2, 0.25) is 0 Å². The lowest BCUT2D eigenvalue weighted by Crippen LogP contribution is -1.94. The van der Waals surface area contributed by atoms with Crippen molar-refractivity contribution in [2.75, 3.05) is 0 Å². The molecule has 0 aliphatic rings. The predicted molar refractivity (Wildman–Crippen MR) is 66.4 cm³/mol. The first-order valence-electron chi connectivity index (χ1n) is 5.58. The first-order valence-corrected chi connectivity index (χ1v) is 5.58. The van der Waals surface area contributed by atoms with Gasteiger partial charge in [-0.3, -0.25) is 0 Å². The fourth-order valence-corrected chi connectivity index (χ4v) is 1.74. The van der Waals surface area contributed by atoms with E-state index in [1.165, 1.54) is 0 Å². The van der Waals surface area contributed by atoms with Crippen molar-refractivity contribution < 1.29 is 14.4 Å². The summed E-state index contributed by atoms with van der Waals surface area (Å²) in [6, 6.07) is 15.1. The molecule has 0 saturated carbocycles. The monoisotopic (exact) mass is 241 g/mol. The Morgan fingerprint density at radius 3 is 2.78 bits per heavy atom. The van der Waals surface area contributed by atoms with Crippen LogP contribution in [0.5, 0.6) is 11.6 Å². The third-order valence-electron chi connectivity index (χ3n) is 2.67. The minimum absolute atomic E-state index is 0.116. The van der Waals surface area contributed by atoms with Gasteiger partial charge in [0.1, 0.15) is 12.4 Å². The molecule has 18 heavy (non-hydrogen) atoms. The highest BCUT2D eigenvalue weighted by Gasteiger charge is 2.07. The summed E-state index contributed by atoms with van der Waals surface area (Å²) in [7, 11) is 0. The van der Waals surface area contributed by atoms with Crippen LogP contribution in [0.1, 0.15) is 5.56 Å². The number of benzene rings is 2. The molecule has 0 radical (unpaired) electrons. The van der Waals surface area contributed by atoms with E-state index in [9.17, 15) is 5.11 Å². The van der Waals surface area contributed by atoms with Crippen LogP contribution in [0.2, 0.25) is 0 Å². The molecule has 0 atom stereocenters. The quantitative estimate of drug-likeness (QED) is 0.765. The molecular weight excluding hydrogens is 230 g/mol. The number of fused-ring (bicyclic) bond motifs is 1. The highest BCUT2D eigenvalue weighted by molar-refractivity contribution is 5.83. The molecule has 0 fully saturated rings. The summed E-state index contributed by atoms with van der Waals surface area (Å²) >= 11 is 0. The minimum atomic E-state index is -0.116. The summed E-state index contributed by atoms with van der Waals surface area (Å²) in [4.78, 5) is 0. The van der Waals surface area contributed by atoms with E-state index in [-0.39, 0.29) is 5.88 Å². The zero-order valence-corrected chi connectivity index (χ0v) is 9.54. The van der Waals surface area contributed by atoms with E-state index in [0.29, 0.717) is 23.3 Å². The molecular formula is C14H11NO3. The average molecular weight is 241 g/mol. The van der Waals surface area contributed by atoms with E-state index in [4.69, 9.17) is 9.26 Å². The van der Waals surface area contributed by atoms with Crippen LogP contribution in [0.4, 0.5) is 0 Å². The highest BCUT2D eigenvalue weighted by atomic mass is 16.5. The Kier molecular flexibility index (Phi) is 2.61. The normalized spacial score (nSPS) is 10.7. The van der Waals surface area contributed by atoms with Crippen molar-refractivity contribution in [1.29, 1.82) is 0 Å². The lowest BCUT2D eigenvalue weighted by Gasteiger charge is -2.05. The Morgan fingerprint density at radius 1 is 1.11 bits per heavy atom. The molecule has 1 aromatic heterocycles. The van der Waals surface area contributed by atoms with Gasteiger partial charge in [-0.2, -0.15) is 0 Å². The first kappa shape index (κ1) is 10.7. The maximum Gasteiger partial charge on any atom is 0.259 e. The van der Waals surface area contributed by atoms with Crippen molar-refractivity contribution in [3.8, 4) is 11.6 Å². The zero-order valence-electron chi connectivity index (χ0n) is 9.54. The molecule has 4 heteroatoms. The molecule has 2 aromatic carbocycles. The van der Waals surface area contributed by atoms with Crippen molar-refractivity contribution in [2.24, 2.45) is 0 Å². The van der Waals surface area contributed by atoms with Crippen LogP contribution in [-0.4, -0.2) is 10.3 Å². The summed E-state index contributed by atoms with van der Waals surface area (Å²) in [5.41, 5.74) is 1.63. The number of hydrogen-bond donors (Lipinski definition) is 1. The second-order valence-corrected chi connectivity index (χ2v) is 3.94. The maximum absolute atomic E-state index is 9.46. The number of hydrogen-bond acceptors (Lipinski definition) is 4. The average Bonchev–Trinajstić information content (AvgIpc) is 2.79. The second-order valence-electron chi connectivity index (χ2n) is 3.94. The molecule has 0 aliphatic carbocycles. The second kappa shape index (κ2) is 4.41. The van der Waals surface area contributed by atoms with Crippen LogP contribution < -0.4 is 4.74 Å². The van der Waals surface area contributed by atoms with Crippen molar-refractivity contribution in [3.05, 3.63) is 54.1 Å². The Morgan fingerprint density at radius 2 is 1.94 bits per heavy atom. The van der Waals surface area contributed by atoms with Gasteiger partial charge in [0.15, 0.2) is 5.58 Å². The van der Waals surface area contributed by atoms with Gasteiger partial charge in [0, 0.05) is 0 Å². The zero-order chi connectivity index (χ0) is 12.4. The van der Waals surface area contributed by atoms with E-state index in [0.717, 1.165) is 5.56 Å². The number of nitrogens with zero attached hydrogens (tertiary/aromatic N) is 1. The summed E-state index contributed by atoms with van der Waals surface area (Å²) in [5.74, 6) is 0.556. The molecule has 3 rings (SSSR count). The number of aromatic nitrogens is 1. The Hall–Kier alpha value is -2.49. The molecule has 90 valence electrons. The largest absolute Gasteiger partial charge is 0.491 e. The Balaban J connectivity index is 1.80. The van der Waals surface area contributed by atoms with Crippen LogP contribution in [0.15, 0.2) is 53.1 Å². The highest BCUT2D eigenvalue weighted by Crippen LogP contribution is 2.27. The van der Waals surface area contributed by atoms with Crippen LogP contribution in [0, 0.1) is 0 Å². The molecule has 0 saturated heterocycles. The van der Waals surface area contributed by atoms with Crippen molar-refractivity contribution >= 4 is 11.0 Å². The predicted octanol–water partition coefficient (Wildman–Crippen LogP) is 3.11. The number of rotatable bonds is 3. The van der Waals surface area contributed by atoms with Crippen molar-refractivity contribution in [2.45, 2.75) is 6.61 Å². The van der Waals surface area contributed by atoms with Gasteiger partial charge in [0.25, 0.3) is 5.88 Å². The van der Waals surface area contributed by atoms with Gasteiger partial charge in [-0.25, -0.2) is 0 Å². The number of ether oxygens (including phenoxy) is 1. The minimum Gasteiger partial charge on any atom is -0.491 e. The SMILES string of the molecule is Oc1noc2ccc(OCc3ccccc3)cc12. The van der Waals surface area contributed by atoms with E-state index in [1.807, 2.05) is 30.3 Å². The maximum atomic E-state index is 9.46. The topological polar surface area (TPSA) is 55.5 Å². The smallest absolute Gasteiger partial charge is 0.259 e.